The number of phenols is 2. The fraction of sp³-hybridized carbons (Fsp3) is 0.321. The van der Waals surface area contributed by atoms with E-state index in [1.54, 1.807) is 0 Å². The topological polar surface area (TPSA) is 161 Å². The number of hydrogen-bond acceptors (Lipinski definition) is 8. The van der Waals surface area contributed by atoms with E-state index in [9.17, 15) is 31.8 Å². The summed E-state index contributed by atoms with van der Waals surface area (Å²) in [5, 5.41) is 31.6. The third kappa shape index (κ3) is 4.99. The fourth-order valence-electron chi connectivity index (χ4n) is 5.54. The number of carboxylic acids is 1. The van der Waals surface area contributed by atoms with Crippen molar-refractivity contribution >= 4 is 37.8 Å². The first-order chi connectivity index (χ1) is 19.2. The molecule has 0 bridgehead atoms. The van der Waals surface area contributed by atoms with Crippen LogP contribution in [0.2, 0.25) is 0 Å². The van der Waals surface area contributed by atoms with E-state index >= 15 is 0 Å². The Bertz CT molecular complexity index is 1760. The van der Waals surface area contributed by atoms with E-state index in [1.165, 1.54) is 47.3 Å². The lowest BCUT2D eigenvalue weighted by molar-refractivity contribution is 0.0696. The van der Waals surface area contributed by atoms with Gasteiger partial charge in [0.05, 0.1) is 15.4 Å². The molecule has 1 saturated heterocycles. The van der Waals surface area contributed by atoms with Gasteiger partial charge >= 0.3 is 5.97 Å². The van der Waals surface area contributed by atoms with Crippen LogP contribution in [-0.4, -0.2) is 61.6 Å². The molecule has 4 N–H and O–H groups in total. The molecule has 218 valence electrons. The zero-order valence-electron chi connectivity index (χ0n) is 22.6. The van der Waals surface area contributed by atoms with E-state index in [1.807, 2.05) is 38.1 Å². The lowest BCUT2D eigenvalue weighted by Crippen LogP contribution is -2.46. The minimum absolute atomic E-state index is 0.0324. The van der Waals surface area contributed by atoms with Crippen molar-refractivity contribution in [3.63, 3.8) is 0 Å². The van der Waals surface area contributed by atoms with Gasteiger partial charge in [-0.3, -0.25) is 0 Å². The Morgan fingerprint density at radius 2 is 1.59 bits per heavy atom. The van der Waals surface area contributed by atoms with E-state index in [0.29, 0.717) is 5.56 Å². The number of rotatable bonds is 6. The quantitative estimate of drug-likeness (QED) is 0.299. The molecule has 0 aromatic heterocycles. The third-order valence-corrected chi connectivity index (χ3v) is 12.5. The van der Waals surface area contributed by atoms with Gasteiger partial charge in [-0.2, -0.15) is 4.31 Å². The van der Waals surface area contributed by atoms with Crippen LogP contribution in [0.15, 0.2) is 68.1 Å². The predicted molar refractivity (Wildman–Crippen MR) is 153 cm³/mol. The maximum Gasteiger partial charge on any atom is 0.335 e. The number of benzene rings is 3. The maximum absolute atomic E-state index is 13.6. The summed E-state index contributed by atoms with van der Waals surface area (Å²) in [6, 6.07) is 11.9. The van der Waals surface area contributed by atoms with E-state index in [2.05, 4.69) is 4.72 Å². The second-order valence-corrected chi connectivity index (χ2v) is 15.3. The lowest BCUT2D eigenvalue weighted by Gasteiger charge is -2.36. The first-order valence-corrected chi connectivity index (χ1v) is 16.6. The second-order valence-electron chi connectivity index (χ2n) is 10.7. The summed E-state index contributed by atoms with van der Waals surface area (Å²) in [6.07, 6.45) is 0.356. The number of fused-ring (bicyclic) bond motifs is 2. The standard InChI is InChI=1S/C28H30N2O8S3/c1-16-23(31)22-25(39-21-7-5-4-6-20(21)28(22,2)3)24(32)26(16)40(35,36)29-18-12-14-30(15-13-18)41(37,38)19-10-8-17(9-11-19)27(33)34/h4-11,18,29,31-32H,12-15H2,1-3H3,(H,33,34). The first-order valence-electron chi connectivity index (χ1n) is 12.9. The number of aromatic carboxylic acids is 1. The number of piperidine rings is 1. The van der Waals surface area contributed by atoms with Crippen LogP contribution in [-0.2, 0) is 25.5 Å². The number of nitrogens with zero attached hydrogens (tertiary/aromatic N) is 1. The molecule has 2 aliphatic heterocycles. The van der Waals surface area contributed by atoms with Crippen molar-refractivity contribution in [3.05, 3.63) is 70.8 Å². The largest absolute Gasteiger partial charge is 0.507 e. The van der Waals surface area contributed by atoms with Crippen LogP contribution in [0.3, 0.4) is 0 Å². The summed E-state index contributed by atoms with van der Waals surface area (Å²) in [5.74, 6) is -1.79. The highest BCUT2D eigenvalue weighted by molar-refractivity contribution is 7.99. The molecule has 1 fully saturated rings. The first kappa shape index (κ1) is 29.4. The molecule has 0 amide bonds. The molecule has 2 heterocycles. The number of carbonyl (C=O) groups is 1. The molecule has 0 radical (unpaired) electrons. The van der Waals surface area contributed by atoms with Crippen molar-refractivity contribution in [1.29, 1.82) is 0 Å². The molecule has 41 heavy (non-hydrogen) atoms. The molecule has 3 aromatic rings. The van der Waals surface area contributed by atoms with E-state index in [0.717, 1.165) is 10.5 Å². The molecule has 10 nitrogen and oxygen atoms in total. The van der Waals surface area contributed by atoms with Gasteiger partial charge in [0.15, 0.2) is 0 Å². The van der Waals surface area contributed by atoms with Gasteiger partial charge in [-0.25, -0.2) is 26.4 Å². The van der Waals surface area contributed by atoms with E-state index < -0.39 is 48.1 Å². The molecule has 0 atom stereocenters. The minimum atomic E-state index is -4.31. The molecule has 0 unspecified atom stereocenters. The summed E-state index contributed by atoms with van der Waals surface area (Å²) >= 11 is 1.21. The number of aromatic hydroxyl groups is 2. The number of nitrogens with one attached hydrogen (secondary N) is 1. The maximum atomic E-state index is 13.6. The zero-order valence-corrected chi connectivity index (χ0v) is 25.0. The van der Waals surface area contributed by atoms with Gasteiger partial charge in [0.2, 0.25) is 20.0 Å². The molecular weight excluding hydrogens is 589 g/mol. The summed E-state index contributed by atoms with van der Waals surface area (Å²) in [7, 11) is -8.21. The average Bonchev–Trinajstić information content (AvgIpc) is 2.91. The Kier molecular flexibility index (Phi) is 7.40. The zero-order chi connectivity index (χ0) is 29.9. The highest BCUT2D eigenvalue weighted by atomic mass is 32.2. The Hall–Kier alpha value is -3.10. The molecule has 13 heteroatoms. The van der Waals surface area contributed by atoms with E-state index in [4.69, 9.17) is 5.11 Å². The normalized spacial score (nSPS) is 17.5. The monoisotopic (exact) mass is 618 g/mol. The van der Waals surface area contributed by atoms with Crippen molar-refractivity contribution < 1.29 is 36.9 Å². The molecule has 5 rings (SSSR count). The molecule has 0 saturated carbocycles. The van der Waals surface area contributed by atoms with Gasteiger partial charge in [-0.1, -0.05) is 43.8 Å². The number of hydrogen-bond donors (Lipinski definition) is 4. The SMILES string of the molecule is Cc1c(O)c2c(c(O)c1S(=O)(=O)NC1CCN(S(=O)(=O)c3ccc(C(=O)O)cc3)CC1)Sc1ccccc1C2(C)C. The van der Waals surface area contributed by atoms with Crippen molar-refractivity contribution in [2.45, 2.75) is 64.7 Å². The van der Waals surface area contributed by atoms with Crippen LogP contribution < -0.4 is 4.72 Å². The fourth-order valence-corrected chi connectivity index (χ4v) is 10.2. The van der Waals surface area contributed by atoms with Crippen LogP contribution in [0, 0.1) is 6.92 Å². The molecule has 0 aliphatic carbocycles. The van der Waals surface area contributed by atoms with Gasteiger partial charge in [0.1, 0.15) is 16.4 Å². The Balaban J connectivity index is 1.38. The Labute approximate surface area is 243 Å². The number of sulfonamides is 2. The van der Waals surface area contributed by atoms with Gasteiger partial charge in [0, 0.05) is 40.6 Å². The van der Waals surface area contributed by atoms with Crippen molar-refractivity contribution in [3.8, 4) is 11.5 Å². The molecule has 3 aromatic carbocycles. The number of phenolic OH excluding ortho intramolecular Hbond substituents is 2. The van der Waals surface area contributed by atoms with Gasteiger partial charge in [-0.05, 0) is 55.7 Å². The second kappa shape index (κ2) is 10.3. The van der Waals surface area contributed by atoms with Crippen LogP contribution in [0.25, 0.3) is 0 Å². The minimum Gasteiger partial charge on any atom is -0.507 e. The van der Waals surface area contributed by atoms with Gasteiger partial charge < -0.3 is 15.3 Å². The average molecular weight is 619 g/mol. The highest BCUT2D eigenvalue weighted by Gasteiger charge is 2.41. The Morgan fingerprint density at radius 1 is 0.976 bits per heavy atom. The van der Waals surface area contributed by atoms with Gasteiger partial charge in [-0.15, -0.1) is 0 Å². The summed E-state index contributed by atoms with van der Waals surface area (Å²) in [4.78, 5) is 11.8. The molecule has 0 spiro atoms. The lowest BCUT2D eigenvalue weighted by atomic mass is 9.76. The molecule has 2 aliphatic rings. The van der Waals surface area contributed by atoms with Crippen LogP contribution in [0.5, 0.6) is 11.5 Å². The van der Waals surface area contributed by atoms with Gasteiger partial charge in [0.25, 0.3) is 0 Å². The summed E-state index contributed by atoms with van der Waals surface area (Å²) in [6.45, 7) is 5.36. The van der Waals surface area contributed by atoms with Crippen molar-refractivity contribution in [2.75, 3.05) is 13.1 Å². The molecular formula is C28H30N2O8S3. The van der Waals surface area contributed by atoms with Crippen LogP contribution in [0.4, 0.5) is 0 Å². The summed E-state index contributed by atoms with van der Waals surface area (Å²) < 4.78 is 57.2. The van der Waals surface area contributed by atoms with E-state index in [-0.39, 0.29) is 52.6 Å². The van der Waals surface area contributed by atoms with Crippen molar-refractivity contribution in [1.82, 2.24) is 9.03 Å². The predicted octanol–water partition coefficient (Wildman–Crippen LogP) is 4.03. The Morgan fingerprint density at radius 3 is 2.20 bits per heavy atom. The number of carboxylic acid groups (broad SMARTS) is 1. The third-order valence-electron chi connectivity index (χ3n) is 7.77. The van der Waals surface area contributed by atoms with Crippen molar-refractivity contribution in [2.24, 2.45) is 0 Å². The summed E-state index contributed by atoms with van der Waals surface area (Å²) in [5.41, 5.74) is 0.734. The van der Waals surface area contributed by atoms with Crippen LogP contribution in [0.1, 0.15) is 53.7 Å². The van der Waals surface area contributed by atoms with Crippen LogP contribution >= 0.6 is 11.8 Å². The smallest absolute Gasteiger partial charge is 0.335 e. The highest BCUT2D eigenvalue weighted by Crippen LogP contribution is 2.57.